The first kappa shape index (κ1) is 126. The second-order valence-corrected chi connectivity index (χ2v) is 38.2. The number of phosphoric acid groups is 2. The van der Waals surface area contributed by atoms with Crippen molar-refractivity contribution in [2.24, 2.45) is 0 Å². The van der Waals surface area contributed by atoms with Gasteiger partial charge in [0, 0.05) is 19.3 Å². The number of unbranched alkanes of at least 4 members (excludes halogenated alkanes) is 47. The Balaban J connectivity index is 4.58. The van der Waals surface area contributed by atoms with Gasteiger partial charge in [-0.1, -0.05) is 460 Å². The van der Waals surface area contributed by atoms with Crippen LogP contribution in [0.3, 0.4) is 0 Å². The average molecular weight is 1870 g/mol. The first-order valence-electron chi connectivity index (χ1n) is 53.1. The summed E-state index contributed by atoms with van der Waals surface area (Å²) in [6.45, 7) is 2.50. The number of phosphoric ester groups is 2. The van der Waals surface area contributed by atoms with Crippen molar-refractivity contribution in [3.63, 3.8) is 0 Å². The zero-order valence-electron chi connectivity index (χ0n) is 83.5. The number of allylic oxidation sites excluding steroid dienone is 30. The van der Waals surface area contributed by atoms with Gasteiger partial charge in [-0.25, -0.2) is 9.13 Å². The summed E-state index contributed by atoms with van der Waals surface area (Å²) in [5.41, 5.74) is 0. The highest BCUT2D eigenvalue weighted by Gasteiger charge is 2.30. The van der Waals surface area contributed by atoms with Crippen LogP contribution in [0.4, 0.5) is 0 Å². The fourth-order valence-electron chi connectivity index (χ4n) is 14.7. The topological polar surface area (TPSA) is 231 Å². The van der Waals surface area contributed by atoms with E-state index >= 15 is 0 Å². The summed E-state index contributed by atoms with van der Waals surface area (Å²) in [6.07, 6.45) is 138. The van der Waals surface area contributed by atoms with E-state index in [1.54, 1.807) is 0 Å². The highest BCUT2D eigenvalue weighted by molar-refractivity contribution is 7.47. The Morgan fingerprint density at radius 1 is 0.221 bits per heavy atom. The number of carbonyl (C=O) groups excluding carboxylic acids is 3. The summed E-state index contributed by atoms with van der Waals surface area (Å²) >= 11 is 0. The molecule has 0 radical (unpaired) electrons. The predicted molar refractivity (Wildman–Crippen MR) is 555 cm³/mol. The summed E-state index contributed by atoms with van der Waals surface area (Å²) < 4.78 is 61.8. The molecule has 0 heterocycles. The molecule has 131 heavy (non-hydrogen) atoms. The third-order valence-electron chi connectivity index (χ3n) is 22.6. The number of esters is 3. The molecule has 0 bridgehead atoms. The van der Waals surface area contributed by atoms with Crippen molar-refractivity contribution >= 4 is 33.6 Å². The van der Waals surface area contributed by atoms with E-state index in [4.69, 9.17) is 32.3 Å². The highest BCUT2D eigenvalue weighted by atomic mass is 31.2. The molecule has 0 aromatic heterocycles. The maximum absolute atomic E-state index is 13.1. The molecule has 4 N–H and O–H groups in total. The van der Waals surface area contributed by atoms with E-state index in [9.17, 15) is 43.5 Å². The molecule has 752 valence electrons. The molecule has 0 saturated carbocycles. The maximum Gasteiger partial charge on any atom is 0.472 e. The Hall–Kier alpha value is -5.35. The van der Waals surface area contributed by atoms with Crippen LogP contribution < -0.4 is 0 Å². The Morgan fingerprint density at radius 3 is 0.641 bits per heavy atom. The second kappa shape index (κ2) is 104. The molecule has 16 nitrogen and oxygen atoms in total. The number of hydrogen-bond acceptors (Lipinski definition) is 14. The largest absolute Gasteiger partial charge is 0.472 e. The van der Waals surface area contributed by atoms with Crippen LogP contribution in [-0.4, -0.2) is 95.9 Å². The van der Waals surface area contributed by atoms with Gasteiger partial charge in [-0.05, 0) is 161 Å². The Bertz CT molecular complexity index is 3110. The van der Waals surface area contributed by atoms with Crippen LogP contribution in [-0.2, 0) is 55.8 Å². The number of aliphatic hydroxyl groups excluding tert-OH is 2. The van der Waals surface area contributed by atoms with Crippen molar-refractivity contribution < 1.29 is 75.8 Å². The van der Waals surface area contributed by atoms with Crippen molar-refractivity contribution in [3.05, 3.63) is 182 Å². The van der Waals surface area contributed by atoms with E-state index in [2.05, 4.69) is 203 Å². The Kier molecular flexibility index (Phi) is 99.3. The van der Waals surface area contributed by atoms with Gasteiger partial charge in [0.05, 0.1) is 26.4 Å². The van der Waals surface area contributed by atoms with Crippen LogP contribution >= 0.6 is 15.6 Å². The smallest absolute Gasteiger partial charge is 0.463 e. The number of aliphatic hydroxyl groups is 2. The van der Waals surface area contributed by atoms with Crippen molar-refractivity contribution in [2.75, 3.05) is 39.6 Å². The fourth-order valence-corrected chi connectivity index (χ4v) is 16.2. The minimum Gasteiger partial charge on any atom is -0.463 e. The molecule has 0 aromatic rings. The summed E-state index contributed by atoms with van der Waals surface area (Å²) in [5.74, 6) is -1.56. The van der Waals surface area contributed by atoms with Crippen molar-refractivity contribution in [1.82, 2.24) is 0 Å². The SMILES string of the molecule is CC/C=C\C/C=C\C/C=C\C/C=C\C/C=C\C/C=C\CCCCCCCCCCCCCCCCC(=O)OCC(COP(=O)(O)OCC(O)COP(=O)(O)OCC(O)COC(=O)CCCCCCCCCCCCCCCCCCCCC/C=C\C/C=C\C/C=C\C/C=C\CCCCC)OC(=O)CCCCCCCCCCCCC/C=C\C/C=C\C/C=C\C/C=C\C/C=C\CC. The average Bonchev–Trinajstić information content (AvgIpc) is 0.899. The quantitative estimate of drug-likeness (QED) is 0.0146. The van der Waals surface area contributed by atoms with Gasteiger partial charge in [0.15, 0.2) is 6.10 Å². The summed E-state index contributed by atoms with van der Waals surface area (Å²) in [5, 5.41) is 20.8. The molecular weight excluding hydrogens is 1680 g/mol. The first-order chi connectivity index (χ1) is 64.2. The van der Waals surface area contributed by atoms with Crippen molar-refractivity contribution in [2.45, 2.75) is 476 Å². The molecule has 0 rings (SSSR count). The van der Waals surface area contributed by atoms with E-state index in [1.807, 2.05) is 0 Å². The minimum absolute atomic E-state index is 0.0968. The molecule has 0 saturated heterocycles. The Labute approximate surface area is 802 Å². The van der Waals surface area contributed by atoms with Gasteiger partial charge in [0.1, 0.15) is 25.4 Å². The van der Waals surface area contributed by atoms with Crippen molar-refractivity contribution in [3.8, 4) is 0 Å². The molecule has 18 heteroatoms. The van der Waals surface area contributed by atoms with E-state index in [-0.39, 0.29) is 19.3 Å². The van der Waals surface area contributed by atoms with Gasteiger partial charge < -0.3 is 34.2 Å². The first-order valence-corrected chi connectivity index (χ1v) is 56.1. The lowest BCUT2D eigenvalue weighted by atomic mass is 10.0. The van der Waals surface area contributed by atoms with Gasteiger partial charge >= 0.3 is 33.6 Å². The van der Waals surface area contributed by atoms with Crippen LogP contribution in [0.5, 0.6) is 0 Å². The lowest BCUT2D eigenvalue weighted by Gasteiger charge is -2.21. The fraction of sp³-hybridized carbons (Fsp3) is 0.708. The standard InChI is InChI=1S/C113H194O16P2/c1-4-7-10-13-16-19-22-25-28-31-34-37-40-43-46-48-50-52-53-55-57-58-61-63-66-69-72-75-78-81-84-87-90-93-96-99-111(116)123-102-108(114)103-125-130(119,120)126-104-109(115)105-127-131(121,122)128-107-110(129-113(118)101-98-95-92-89-86-83-80-77-74-71-68-65-60-45-42-39-36-33-30-27-24-21-18-15-12-9-6-3)106-124-112(117)100-97-94-91-88-85-82-79-76-73-70-67-64-62-59-56-54-51-49-47-44-41-38-35-32-29-26-23-20-17-14-11-8-5-2/h8-9,11-12,16-21,25-30,34-39,43-47,51,54,60,108-110,114-115H,4-7,10,13-15,22-24,31-33,40-42,48-50,52-53,55-59,61-107H2,1-3H3,(H,119,120)(H,121,122)/b11-8-,12-9-,19-16-,20-17-,21-18-,28-25-,29-26-,30-27-,37-34-,38-35-,39-36-,46-43-,47-44-,54-51-,60-45-. The molecule has 0 aliphatic carbocycles. The summed E-state index contributed by atoms with van der Waals surface area (Å²) in [4.78, 5) is 59.3. The van der Waals surface area contributed by atoms with E-state index < -0.39 is 91.5 Å². The molecule has 0 spiro atoms. The third-order valence-corrected chi connectivity index (χ3v) is 24.5. The van der Waals surface area contributed by atoms with E-state index in [1.165, 1.54) is 225 Å². The van der Waals surface area contributed by atoms with Gasteiger partial charge in [0.25, 0.3) is 0 Å². The number of hydrogen-bond donors (Lipinski definition) is 4. The van der Waals surface area contributed by atoms with Crippen molar-refractivity contribution in [1.29, 1.82) is 0 Å². The normalized spacial score (nSPS) is 14.3. The van der Waals surface area contributed by atoms with E-state index in [0.29, 0.717) is 19.3 Å². The molecule has 5 atom stereocenters. The van der Waals surface area contributed by atoms with Crippen LogP contribution in [0.15, 0.2) is 182 Å². The summed E-state index contributed by atoms with van der Waals surface area (Å²) in [6, 6.07) is 0. The van der Waals surface area contributed by atoms with Crippen LogP contribution in [0.1, 0.15) is 457 Å². The van der Waals surface area contributed by atoms with Gasteiger partial charge in [-0.2, -0.15) is 0 Å². The monoisotopic (exact) mass is 1870 g/mol. The molecule has 0 amide bonds. The third kappa shape index (κ3) is 105. The Morgan fingerprint density at radius 2 is 0.405 bits per heavy atom. The van der Waals surface area contributed by atoms with Crippen LogP contribution in [0.25, 0.3) is 0 Å². The molecule has 0 aromatic carbocycles. The van der Waals surface area contributed by atoms with E-state index in [0.717, 1.165) is 173 Å². The molecule has 0 aliphatic rings. The van der Waals surface area contributed by atoms with Crippen LogP contribution in [0.2, 0.25) is 0 Å². The second-order valence-electron chi connectivity index (χ2n) is 35.3. The van der Waals surface area contributed by atoms with Gasteiger partial charge in [-0.15, -0.1) is 0 Å². The lowest BCUT2D eigenvalue weighted by Crippen LogP contribution is -2.30. The minimum atomic E-state index is -4.95. The molecule has 0 aliphatic heterocycles. The molecule has 0 fully saturated rings. The zero-order valence-corrected chi connectivity index (χ0v) is 85.2. The zero-order chi connectivity index (χ0) is 95.0. The maximum atomic E-state index is 13.1. The van der Waals surface area contributed by atoms with Gasteiger partial charge in [0.2, 0.25) is 0 Å². The van der Waals surface area contributed by atoms with Crippen LogP contribution in [0, 0.1) is 0 Å². The highest BCUT2D eigenvalue weighted by Crippen LogP contribution is 2.45. The van der Waals surface area contributed by atoms with Gasteiger partial charge in [-0.3, -0.25) is 32.5 Å². The lowest BCUT2D eigenvalue weighted by molar-refractivity contribution is -0.161. The number of rotatable bonds is 100. The number of carbonyl (C=O) groups is 3. The predicted octanol–water partition coefficient (Wildman–Crippen LogP) is 33.9. The molecular formula is C113H194O16P2. The summed E-state index contributed by atoms with van der Waals surface area (Å²) in [7, 11) is -9.82. The number of ether oxygens (including phenoxy) is 3. The molecule has 5 unspecified atom stereocenters.